The van der Waals surface area contributed by atoms with E-state index in [0.717, 1.165) is 83.0 Å². The first-order valence-corrected chi connectivity index (χ1v) is 23.8. The van der Waals surface area contributed by atoms with Gasteiger partial charge in [0, 0.05) is 71.4 Å². The van der Waals surface area contributed by atoms with Gasteiger partial charge in [0.2, 0.25) is 23.6 Å². The molecule has 1 aromatic heterocycles. The molecule has 3 aromatic rings. The molecule has 3 heterocycles. The van der Waals surface area contributed by atoms with Crippen LogP contribution in [-0.4, -0.2) is 169 Å². The molecular formula is C48H81N13O7. The molecule has 0 aliphatic carbocycles. The van der Waals surface area contributed by atoms with Crippen molar-refractivity contribution in [3.8, 4) is 0 Å². The number of likely N-dealkylation sites (N-methyl/N-ethyl adjacent to an activating group) is 1. The Morgan fingerprint density at radius 1 is 0.897 bits per heavy atom. The SMILES string of the molecule is CCC.CCCCN.CNCC(=O)N[C@H]1CC(C)N(CC(=O)N[C@@H](Cc2ccccc2)C(=O)NCC(=O)O)C1=O.Cc1ccccc1.O=CCn1cc(CN2CCNCCNCCNCC2)nn1. The third kappa shape index (κ3) is 28.5. The van der Waals surface area contributed by atoms with Crippen LogP contribution < -0.4 is 43.0 Å². The minimum atomic E-state index is -1.20. The number of carboxylic acid groups (broad SMARTS) is 1. The maximum absolute atomic E-state index is 12.7. The maximum Gasteiger partial charge on any atom is 0.322 e. The fourth-order valence-electron chi connectivity index (χ4n) is 6.50. The number of aldehydes is 1. The van der Waals surface area contributed by atoms with Crippen molar-refractivity contribution in [3.05, 3.63) is 83.7 Å². The highest BCUT2D eigenvalue weighted by Crippen LogP contribution is 2.19. The smallest absolute Gasteiger partial charge is 0.322 e. The van der Waals surface area contributed by atoms with Gasteiger partial charge in [-0.25, -0.2) is 4.68 Å². The first kappa shape index (κ1) is 60.4. The summed E-state index contributed by atoms with van der Waals surface area (Å²) in [5.41, 5.74) is 8.15. The second-order valence-electron chi connectivity index (χ2n) is 16.3. The summed E-state index contributed by atoms with van der Waals surface area (Å²) in [7, 11) is 1.62. The summed E-state index contributed by atoms with van der Waals surface area (Å²) in [6.07, 6.45) is 6.83. The van der Waals surface area contributed by atoms with Crippen molar-refractivity contribution in [2.75, 3.05) is 85.6 Å². The number of hydrogen-bond acceptors (Lipinski definition) is 14. The molecule has 20 heteroatoms. The van der Waals surface area contributed by atoms with Gasteiger partial charge in [0.25, 0.3) is 0 Å². The molecule has 2 fully saturated rings. The summed E-state index contributed by atoms with van der Waals surface area (Å²) in [6.45, 7) is 19.2. The highest BCUT2D eigenvalue weighted by atomic mass is 16.4. The Morgan fingerprint density at radius 2 is 1.49 bits per heavy atom. The lowest BCUT2D eigenvalue weighted by atomic mass is 10.1. The predicted octanol–water partition coefficient (Wildman–Crippen LogP) is 0.458. The van der Waals surface area contributed by atoms with Gasteiger partial charge in [-0.05, 0) is 45.8 Å². The number of aryl methyl sites for hydroxylation is 1. The Hall–Kier alpha value is -5.64. The summed E-state index contributed by atoms with van der Waals surface area (Å²) >= 11 is 0. The molecule has 3 atom stereocenters. The van der Waals surface area contributed by atoms with Gasteiger partial charge in [-0.15, -0.1) is 5.10 Å². The number of hydrogen-bond donors (Lipinski definition) is 9. The summed E-state index contributed by atoms with van der Waals surface area (Å²) in [5.74, 6) is -3.08. The van der Waals surface area contributed by atoms with Crippen LogP contribution in [0.4, 0.5) is 0 Å². The number of likely N-dealkylation sites (tertiary alicyclic amines) is 1. The number of aromatic nitrogens is 3. The molecule has 2 aliphatic heterocycles. The number of carbonyl (C=O) groups is 6. The monoisotopic (exact) mass is 952 g/mol. The van der Waals surface area contributed by atoms with E-state index in [4.69, 9.17) is 10.8 Å². The molecule has 0 bridgehead atoms. The number of nitrogens with zero attached hydrogens (tertiary/aromatic N) is 5. The van der Waals surface area contributed by atoms with Crippen molar-refractivity contribution in [1.82, 2.24) is 62.0 Å². The Balaban J connectivity index is 0.000000542. The van der Waals surface area contributed by atoms with Crippen LogP contribution in [0.1, 0.15) is 70.2 Å². The zero-order valence-electron chi connectivity index (χ0n) is 41.3. The van der Waals surface area contributed by atoms with E-state index in [-0.39, 0.29) is 43.9 Å². The largest absolute Gasteiger partial charge is 0.480 e. The molecule has 2 aromatic carbocycles. The second kappa shape index (κ2) is 38.3. The lowest BCUT2D eigenvalue weighted by Gasteiger charge is -2.23. The number of carboxylic acids is 1. The molecule has 1 unspecified atom stereocenters. The molecule has 2 saturated heterocycles. The van der Waals surface area contributed by atoms with E-state index < -0.39 is 36.4 Å². The third-order valence-electron chi connectivity index (χ3n) is 9.92. The summed E-state index contributed by atoms with van der Waals surface area (Å²) in [4.78, 5) is 74.5. The number of rotatable bonds is 17. The summed E-state index contributed by atoms with van der Waals surface area (Å²) in [5, 5.41) is 37.3. The van der Waals surface area contributed by atoms with Crippen LogP contribution in [0.25, 0.3) is 0 Å². The minimum Gasteiger partial charge on any atom is -0.480 e. The lowest BCUT2D eigenvalue weighted by Crippen LogP contribution is -2.52. The van der Waals surface area contributed by atoms with Crippen LogP contribution in [0.5, 0.6) is 0 Å². The minimum absolute atomic E-state index is 0.0747. The van der Waals surface area contributed by atoms with E-state index in [0.29, 0.717) is 6.42 Å². The van der Waals surface area contributed by atoms with Gasteiger partial charge in [-0.2, -0.15) is 0 Å². The number of aliphatic carboxylic acids is 1. The van der Waals surface area contributed by atoms with Gasteiger partial charge < -0.3 is 57.8 Å². The van der Waals surface area contributed by atoms with Gasteiger partial charge in [-0.1, -0.05) is 105 Å². The Morgan fingerprint density at radius 3 is 1.99 bits per heavy atom. The lowest BCUT2D eigenvalue weighted by molar-refractivity contribution is -0.139. The average molecular weight is 952 g/mol. The maximum atomic E-state index is 12.7. The molecule has 0 spiro atoms. The predicted molar refractivity (Wildman–Crippen MR) is 265 cm³/mol. The van der Waals surface area contributed by atoms with Crippen molar-refractivity contribution in [3.63, 3.8) is 0 Å². The van der Waals surface area contributed by atoms with E-state index in [1.165, 1.54) is 29.7 Å². The Bertz CT molecular complexity index is 1810. The van der Waals surface area contributed by atoms with E-state index in [1.54, 1.807) is 42.9 Å². The number of nitrogens with one attached hydrogen (secondary N) is 7. The van der Waals surface area contributed by atoms with Crippen LogP contribution in [0.3, 0.4) is 0 Å². The van der Waals surface area contributed by atoms with E-state index in [2.05, 4.69) is 92.3 Å². The van der Waals surface area contributed by atoms with Crippen LogP contribution in [0.15, 0.2) is 66.9 Å². The molecule has 20 nitrogen and oxygen atoms in total. The summed E-state index contributed by atoms with van der Waals surface area (Å²) < 4.78 is 1.57. The van der Waals surface area contributed by atoms with Gasteiger partial charge in [0.15, 0.2) is 0 Å². The standard InChI is InChI=1S/C21H29N5O6.C13H25N7O.C7H8.C4H11N.C3H8/c1-13-8-16(25-17(27)10-22-2)21(32)26(13)12-18(28)24-15(20(31)23-11-19(29)30)9-14-6-4-3-5-7-14;21-10-9-20-12-13(17-18-20)11-19-7-5-15-3-1-14-2-4-16-6-8-19;1-7-5-3-2-4-6-7;1-2-3-4-5;1-3-2/h3-7,13,15-16,22H,8-12H2,1-2H3,(H,23,31)(H,24,28)(H,25,27)(H,29,30);10,12,14-16H,1-9,11H2;2-6H,1H3;2-5H2,1H3;3H2,1-2H3/t13?,15-,16-;;;;/m0..../s1. The molecular weight excluding hydrogens is 871 g/mol. The third-order valence-corrected chi connectivity index (χ3v) is 9.92. The normalized spacial score (nSPS) is 16.6. The number of amides is 4. The van der Waals surface area contributed by atoms with E-state index >= 15 is 0 Å². The van der Waals surface area contributed by atoms with Crippen molar-refractivity contribution >= 4 is 35.9 Å². The second-order valence-corrected chi connectivity index (χ2v) is 16.3. The number of unbranched alkanes of at least 4 members (excludes halogenated alkanes) is 1. The molecule has 68 heavy (non-hydrogen) atoms. The number of benzene rings is 2. The van der Waals surface area contributed by atoms with Gasteiger partial charge >= 0.3 is 5.97 Å². The first-order chi connectivity index (χ1) is 32.8. The van der Waals surface area contributed by atoms with E-state index in [1.807, 2.05) is 30.5 Å². The zero-order valence-corrected chi connectivity index (χ0v) is 41.3. The van der Waals surface area contributed by atoms with E-state index in [9.17, 15) is 28.8 Å². The Labute approximate surface area is 403 Å². The van der Waals surface area contributed by atoms with Crippen molar-refractivity contribution in [1.29, 1.82) is 0 Å². The van der Waals surface area contributed by atoms with Gasteiger partial charge in [-0.3, -0.25) is 28.9 Å². The van der Waals surface area contributed by atoms with Crippen LogP contribution in [-0.2, 0) is 48.3 Å². The van der Waals surface area contributed by atoms with Gasteiger partial charge in [0.1, 0.15) is 24.9 Å². The molecule has 5 rings (SSSR count). The molecule has 0 saturated carbocycles. The topological polar surface area (TPSA) is 270 Å². The average Bonchev–Trinajstić information content (AvgIpc) is 3.86. The fourth-order valence-corrected chi connectivity index (χ4v) is 6.50. The number of carbonyl (C=O) groups excluding carboxylic acids is 5. The Kier molecular flexibility index (Phi) is 34.0. The number of nitrogens with two attached hydrogens (primary N) is 1. The van der Waals surface area contributed by atoms with Crippen LogP contribution in [0.2, 0.25) is 0 Å². The molecule has 380 valence electrons. The van der Waals surface area contributed by atoms with Crippen molar-refractivity contribution in [2.24, 2.45) is 5.73 Å². The van der Waals surface area contributed by atoms with Crippen molar-refractivity contribution in [2.45, 2.75) is 97.9 Å². The van der Waals surface area contributed by atoms with Gasteiger partial charge in [0.05, 0.1) is 31.5 Å². The summed E-state index contributed by atoms with van der Waals surface area (Å²) in [6, 6.07) is 17.2. The van der Waals surface area contributed by atoms with Crippen LogP contribution >= 0.6 is 0 Å². The quantitative estimate of drug-likeness (QED) is 0.0833. The highest BCUT2D eigenvalue weighted by molar-refractivity contribution is 5.94. The molecule has 0 radical (unpaired) electrons. The van der Waals surface area contributed by atoms with Crippen LogP contribution in [0, 0.1) is 6.92 Å². The fraction of sp³-hybridized carbons (Fsp3) is 0.583. The van der Waals surface area contributed by atoms with Crippen molar-refractivity contribution < 1.29 is 33.9 Å². The first-order valence-electron chi connectivity index (χ1n) is 23.8. The molecule has 10 N–H and O–H groups in total. The highest BCUT2D eigenvalue weighted by Gasteiger charge is 2.39. The zero-order chi connectivity index (χ0) is 50.4. The molecule has 2 aliphatic rings. The molecule has 4 amide bonds.